The number of carbonyl (C=O) groups is 2. The third-order valence-corrected chi connectivity index (χ3v) is 7.44. The third kappa shape index (κ3) is 6.78. The SMILES string of the molecule is CCOc1cc(C2C(=C(O)c3ccc4c(c3)OCCO4)C(=O)C(=O)N2CCN(CC)CC)ccc1OCCC(C)C. The van der Waals surface area contributed by atoms with E-state index in [0.717, 1.165) is 19.5 Å². The summed E-state index contributed by atoms with van der Waals surface area (Å²) in [5.41, 5.74) is 1.06. The van der Waals surface area contributed by atoms with Crippen molar-refractivity contribution >= 4 is 17.4 Å². The van der Waals surface area contributed by atoms with Gasteiger partial charge in [0.2, 0.25) is 0 Å². The van der Waals surface area contributed by atoms with Crippen LogP contribution in [0, 0.1) is 5.92 Å². The Hall–Kier alpha value is -3.72. The number of likely N-dealkylation sites (tertiary alicyclic amines) is 1. The lowest BCUT2D eigenvalue weighted by Gasteiger charge is -2.28. The number of carbonyl (C=O) groups excluding carboxylic acids is 2. The lowest BCUT2D eigenvalue weighted by Crippen LogP contribution is -2.38. The molecule has 0 spiro atoms. The zero-order valence-electron chi connectivity index (χ0n) is 24.8. The smallest absolute Gasteiger partial charge is 0.295 e. The van der Waals surface area contributed by atoms with Crippen molar-refractivity contribution in [3.63, 3.8) is 0 Å². The summed E-state index contributed by atoms with van der Waals surface area (Å²) in [6.45, 7) is 14.6. The first-order valence-electron chi connectivity index (χ1n) is 14.6. The van der Waals surface area contributed by atoms with Crippen LogP contribution in [-0.2, 0) is 9.59 Å². The molecule has 1 saturated heterocycles. The van der Waals surface area contributed by atoms with Crippen LogP contribution in [0.3, 0.4) is 0 Å². The zero-order valence-corrected chi connectivity index (χ0v) is 24.8. The van der Waals surface area contributed by atoms with E-state index >= 15 is 0 Å². The molecule has 9 nitrogen and oxygen atoms in total. The molecule has 9 heteroatoms. The maximum atomic E-state index is 13.5. The number of rotatable bonds is 13. The second-order valence-electron chi connectivity index (χ2n) is 10.5. The van der Waals surface area contributed by atoms with Gasteiger partial charge in [-0.15, -0.1) is 0 Å². The first kappa shape index (κ1) is 30.2. The van der Waals surface area contributed by atoms with Gasteiger partial charge in [0.05, 0.1) is 24.8 Å². The van der Waals surface area contributed by atoms with Gasteiger partial charge < -0.3 is 33.9 Å². The van der Waals surface area contributed by atoms with E-state index in [1.165, 1.54) is 0 Å². The molecule has 2 aromatic rings. The highest BCUT2D eigenvalue weighted by atomic mass is 16.6. The summed E-state index contributed by atoms with van der Waals surface area (Å²) in [6.07, 6.45) is 0.897. The predicted molar refractivity (Wildman–Crippen MR) is 157 cm³/mol. The fourth-order valence-electron chi connectivity index (χ4n) is 5.08. The molecule has 0 aliphatic carbocycles. The molecule has 0 saturated carbocycles. The number of benzene rings is 2. The summed E-state index contributed by atoms with van der Waals surface area (Å²) in [4.78, 5) is 30.7. The molecular weight excluding hydrogens is 524 g/mol. The van der Waals surface area contributed by atoms with Gasteiger partial charge in [0.15, 0.2) is 23.0 Å². The van der Waals surface area contributed by atoms with Crippen LogP contribution in [0.2, 0.25) is 0 Å². The molecule has 222 valence electrons. The topological polar surface area (TPSA) is 97.8 Å². The van der Waals surface area contributed by atoms with Crippen molar-refractivity contribution in [3.8, 4) is 23.0 Å². The van der Waals surface area contributed by atoms with Crippen molar-refractivity contribution in [2.75, 3.05) is 52.6 Å². The first-order valence-corrected chi connectivity index (χ1v) is 14.6. The van der Waals surface area contributed by atoms with Crippen molar-refractivity contribution in [1.82, 2.24) is 9.80 Å². The van der Waals surface area contributed by atoms with Gasteiger partial charge >= 0.3 is 0 Å². The molecule has 1 fully saturated rings. The van der Waals surface area contributed by atoms with E-state index in [4.69, 9.17) is 18.9 Å². The Morgan fingerprint density at radius 2 is 1.73 bits per heavy atom. The monoisotopic (exact) mass is 566 g/mol. The average Bonchev–Trinajstić information content (AvgIpc) is 3.22. The minimum atomic E-state index is -0.803. The number of fused-ring (bicyclic) bond motifs is 1. The average molecular weight is 567 g/mol. The maximum absolute atomic E-state index is 13.5. The van der Waals surface area contributed by atoms with E-state index in [1.54, 1.807) is 23.1 Å². The number of Topliss-reactive ketones (excluding diaryl/α,β-unsaturated/α-hetero) is 1. The number of aliphatic hydroxyl groups is 1. The van der Waals surface area contributed by atoms with E-state index in [-0.39, 0.29) is 11.3 Å². The van der Waals surface area contributed by atoms with Gasteiger partial charge in [0.25, 0.3) is 11.7 Å². The van der Waals surface area contributed by atoms with E-state index in [1.807, 2.05) is 25.1 Å². The summed E-state index contributed by atoms with van der Waals surface area (Å²) in [6, 6.07) is 9.67. The molecule has 41 heavy (non-hydrogen) atoms. The van der Waals surface area contributed by atoms with E-state index < -0.39 is 17.7 Å². The molecule has 2 aliphatic heterocycles. The van der Waals surface area contributed by atoms with Gasteiger partial charge in [0, 0.05) is 18.7 Å². The molecule has 2 aliphatic rings. The molecular formula is C32H42N2O7. The minimum absolute atomic E-state index is 0.0298. The van der Waals surface area contributed by atoms with Gasteiger partial charge in [-0.25, -0.2) is 0 Å². The summed E-state index contributed by atoms with van der Waals surface area (Å²) in [5.74, 6) is 1.05. The fraction of sp³-hybridized carbons (Fsp3) is 0.500. The van der Waals surface area contributed by atoms with Crippen LogP contribution in [0.1, 0.15) is 58.2 Å². The number of ether oxygens (including phenoxy) is 4. The lowest BCUT2D eigenvalue weighted by molar-refractivity contribution is -0.140. The number of ketones is 1. The third-order valence-electron chi connectivity index (χ3n) is 7.44. The largest absolute Gasteiger partial charge is 0.507 e. The quantitative estimate of drug-likeness (QED) is 0.205. The van der Waals surface area contributed by atoms with E-state index in [0.29, 0.717) is 79.6 Å². The Balaban J connectivity index is 1.78. The van der Waals surface area contributed by atoms with Crippen molar-refractivity contribution in [3.05, 3.63) is 53.1 Å². The first-order chi connectivity index (χ1) is 19.8. The highest BCUT2D eigenvalue weighted by Crippen LogP contribution is 2.43. The molecule has 1 unspecified atom stereocenters. The van der Waals surface area contributed by atoms with Crippen LogP contribution in [0.4, 0.5) is 0 Å². The minimum Gasteiger partial charge on any atom is -0.507 e. The van der Waals surface area contributed by atoms with Crippen molar-refractivity contribution in [1.29, 1.82) is 0 Å². The van der Waals surface area contributed by atoms with E-state index in [2.05, 4.69) is 32.6 Å². The fourth-order valence-corrected chi connectivity index (χ4v) is 5.08. The number of amides is 1. The van der Waals surface area contributed by atoms with Gasteiger partial charge in [-0.3, -0.25) is 9.59 Å². The molecule has 0 radical (unpaired) electrons. The van der Waals surface area contributed by atoms with Crippen LogP contribution >= 0.6 is 0 Å². The number of aliphatic hydroxyl groups excluding tert-OH is 1. The van der Waals surface area contributed by atoms with Crippen LogP contribution < -0.4 is 18.9 Å². The Bertz CT molecular complexity index is 1270. The van der Waals surface area contributed by atoms with Crippen molar-refractivity contribution in [2.45, 2.75) is 47.1 Å². The molecule has 2 aromatic carbocycles. The Morgan fingerprint density at radius 3 is 2.41 bits per heavy atom. The molecule has 0 bridgehead atoms. The van der Waals surface area contributed by atoms with Gasteiger partial charge in [-0.1, -0.05) is 33.8 Å². The standard InChI is InChI=1S/C32H42N2O7/c1-6-33(7-2)14-15-34-29(22-9-11-24(26(19-22)38-8-3)39-16-13-21(4)5)28(31(36)32(34)37)30(35)23-10-12-25-27(20-23)41-18-17-40-25/h9-12,19-21,29,35H,6-8,13-18H2,1-5H3. The van der Waals surface area contributed by atoms with Gasteiger partial charge in [0.1, 0.15) is 19.0 Å². The molecule has 0 aromatic heterocycles. The maximum Gasteiger partial charge on any atom is 0.295 e. The molecule has 1 N–H and O–H groups in total. The molecule has 2 heterocycles. The summed E-state index contributed by atoms with van der Waals surface area (Å²) in [5, 5.41) is 11.5. The van der Waals surface area contributed by atoms with E-state index in [9.17, 15) is 14.7 Å². The van der Waals surface area contributed by atoms with Crippen molar-refractivity contribution < 1.29 is 33.6 Å². The summed E-state index contributed by atoms with van der Waals surface area (Å²) >= 11 is 0. The normalized spacial score (nSPS) is 17.9. The second-order valence-corrected chi connectivity index (χ2v) is 10.5. The Kier molecular flexibility index (Phi) is 10.2. The van der Waals surface area contributed by atoms with Gasteiger partial charge in [-0.2, -0.15) is 0 Å². The highest BCUT2D eigenvalue weighted by molar-refractivity contribution is 6.46. The number of nitrogens with zero attached hydrogens (tertiary/aromatic N) is 2. The van der Waals surface area contributed by atoms with Crippen LogP contribution in [0.25, 0.3) is 5.76 Å². The summed E-state index contributed by atoms with van der Waals surface area (Å²) in [7, 11) is 0. The number of hydrogen-bond donors (Lipinski definition) is 1. The predicted octanol–water partition coefficient (Wildman–Crippen LogP) is 5.04. The lowest BCUT2D eigenvalue weighted by atomic mass is 9.94. The Labute approximate surface area is 242 Å². The second kappa shape index (κ2) is 13.8. The van der Waals surface area contributed by atoms with Crippen molar-refractivity contribution in [2.24, 2.45) is 5.92 Å². The summed E-state index contributed by atoms with van der Waals surface area (Å²) < 4.78 is 23.3. The molecule has 1 amide bonds. The molecule has 1 atom stereocenters. The zero-order chi connectivity index (χ0) is 29.5. The number of hydrogen-bond acceptors (Lipinski definition) is 8. The van der Waals surface area contributed by atoms with Gasteiger partial charge in [-0.05, 0) is 68.2 Å². The molecule has 4 rings (SSSR count). The van der Waals surface area contributed by atoms with Crippen LogP contribution in [0.5, 0.6) is 23.0 Å². The highest BCUT2D eigenvalue weighted by Gasteiger charge is 2.46. The number of likely N-dealkylation sites (N-methyl/N-ethyl adjacent to an activating group) is 1. The Morgan fingerprint density at radius 1 is 1.00 bits per heavy atom. The van der Waals surface area contributed by atoms with Crippen LogP contribution in [-0.4, -0.2) is 79.2 Å². The van der Waals surface area contributed by atoms with Crippen LogP contribution in [0.15, 0.2) is 42.0 Å².